The highest BCUT2D eigenvalue weighted by molar-refractivity contribution is 7.11. The maximum absolute atomic E-state index is 11.5. The van der Waals surface area contributed by atoms with Gasteiger partial charge < -0.3 is 0 Å². The van der Waals surface area contributed by atoms with Crippen molar-refractivity contribution in [1.29, 1.82) is 0 Å². The van der Waals surface area contributed by atoms with Crippen LogP contribution in [-0.4, -0.2) is 12.1 Å². The van der Waals surface area contributed by atoms with Gasteiger partial charge in [-0.2, -0.15) is 5.10 Å². The maximum Gasteiger partial charge on any atom is 0.240 e. The van der Waals surface area contributed by atoms with Crippen LogP contribution >= 0.6 is 11.3 Å². The molecule has 0 bridgehead atoms. The molecule has 0 spiro atoms. The molecule has 0 radical (unpaired) electrons. The number of hydrazone groups is 1. The zero-order valence-electron chi connectivity index (χ0n) is 11.2. The summed E-state index contributed by atoms with van der Waals surface area (Å²) in [6.45, 7) is 4.22. The molecule has 18 heavy (non-hydrogen) atoms. The van der Waals surface area contributed by atoms with E-state index in [4.69, 9.17) is 0 Å². The van der Waals surface area contributed by atoms with Crippen molar-refractivity contribution in [2.24, 2.45) is 5.10 Å². The molecule has 0 aliphatic carbocycles. The van der Waals surface area contributed by atoms with Crippen LogP contribution in [0.4, 0.5) is 0 Å². The third-order valence-electron chi connectivity index (χ3n) is 2.78. The number of hydrogen-bond acceptors (Lipinski definition) is 3. The van der Waals surface area contributed by atoms with Crippen molar-refractivity contribution in [3.8, 4) is 0 Å². The number of nitrogens with one attached hydrogen (secondary N) is 1. The minimum atomic E-state index is 0.0111. The summed E-state index contributed by atoms with van der Waals surface area (Å²) in [5, 5.41) is 6.00. The zero-order valence-corrected chi connectivity index (χ0v) is 12.1. The lowest BCUT2D eigenvalue weighted by atomic mass is 10.1. The van der Waals surface area contributed by atoms with Crippen LogP contribution in [0.15, 0.2) is 16.5 Å². The molecule has 0 aliphatic rings. The van der Waals surface area contributed by atoms with Crippen LogP contribution in [0.2, 0.25) is 0 Å². The Hall–Kier alpha value is -1.16. The molecule has 4 heteroatoms. The molecule has 1 amide bonds. The van der Waals surface area contributed by atoms with Gasteiger partial charge in [-0.1, -0.05) is 32.6 Å². The second-order valence-electron chi connectivity index (χ2n) is 4.43. The van der Waals surface area contributed by atoms with E-state index in [0.29, 0.717) is 6.42 Å². The van der Waals surface area contributed by atoms with Gasteiger partial charge in [-0.05, 0) is 30.4 Å². The summed E-state index contributed by atoms with van der Waals surface area (Å²) < 4.78 is 0. The van der Waals surface area contributed by atoms with Gasteiger partial charge in [0.25, 0.3) is 0 Å². The Morgan fingerprint density at radius 1 is 1.39 bits per heavy atom. The quantitative estimate of drug-likeness (QED) is 0.433. The van der Waals surface area contributed by atoms with Gasteiger partial charge in [0, 0.05) is 11.3 Å². The second kappa shape index (κ2) is 8.86. The minimum Gasteiger partial charge on any atom is -0.273 e. The summed E-state index contributed by atoms with van der Waals surface area (Å²) in [6, 6.07) is 2.04. The number of rotatable bonds is 8. The van der Waals surface area contributed by atoms with Crippen LogP contribution in [-0.2, 0) is 4.79 Å². The van der Waals surface area contributed by atoms with Gasteiger partial charge in [-0.25, -0.2) is 5.43 Å². The molecule has 0 saturated heterocycles. The summed E-state index contributed by atoms with van der Waals surface area (Å²) in [5.74, 6) is 0.0111. The highest BCUT2D eigenvalue weighted by Gasteiger charge is 1.99. The molecule has 100 valence electrons. The molecule has 0 atom stereocenters. The number of hydrogen-bond donors (Lipinski definition) is 1. The van der Waals surface area contributed by atoms with E-state index in [-0.39, 0.29) is 5.91 Å². The standard InChI is InChI=1S/C14H22N2OS/c1-3-4-5-6-7-8-14(17)16-15-11-13-12(2)9-10-18-13/h9-11H,3-8H2,1-2H3,(H,16,17)/b15-11+. The number of aryl methyl sites for hydroxylation is 1. The summed E-state index contributed by atoms with van der Waals surface area (Å²) in [6.07, 6.45) is 8.10. The Bertz CT molecular complexity index is 385. The molecule has 3 nitrogen and oxygen atoms in total. The van der Waals surface area contributed by atoms with E-state index >= 15 is 0 Å². The van der Waals surface area contributed by atoms with Gasteiger partial charge in [0.2, 0.25) is 5.91 Å². The third-order valence-corrected chi connectivity index (χ3v) is 3.73. The van der Waals surface area contributed by atoms with E-state index in [1.165, 1.54) is 24.8 Å². The van der Waals surface area contributed by atoms with E-state index in [2.05, 4.69) is 17.5 Å². The molecule has 0 aromatic carbocycles. The number of carbonyl (C=O) groups excluding carboxylic acids is 1. The highest BCUT2D eigenvalue weighted by atomic mass is 32.1. The van der Waals surface area contributed by atoms with Gasteiger partial charge in [-0.15, -0.1) is 11.3 Å². The van der Waals surface area contributed by atoms with Crippen molar-refractivity contribution in [2.45, 2.75) is 52.4 Å². The molecular formula is C14H22N2OS. The molecule has 1 aromatic heterocycles. The van der Waals surface area contributed by atoms with Crippen LogP contribution in [0.1, 0.15) is 55.9 Å². The summed E-state index contributed by atoms with van der Waals surface area (Å²) in [5.41, 5.74) is 3.77. The van der Waals surface area contributed by atoms with Crippen LogP contribution in [0.5, 0.6) is 0 Å². The molecule has 1 heterocycles. The van der Waals surface area contributed by atoms with Gasteiger partial charge in [0.15, 0.2) is 0 Å². The average molecular weight is 266 g/mol. The van der Waals surface area contributed by atoms with Crippen molar-refractivity contribution in [2.75, 3.05) is 0 Å². The molecule has 1 N–H and O–H groups in total. The molecular weight excluding hydrogens is 244 g/mol. The van der Waals surface area contributed by atoms with Crippen LogP contribution in [0.3, 0.4) is 0 Å². The lowest BCUT2D eigenvalue weighted by molar-refractivity contribution is -0.121. The Balaban J connectivity index is 2.13. The molecule has 1 rings (SSSR count). The molecule has 0 saturated carbocycles. The van der Waals surface area contributed by atoms with Gasteiger partial charge >= 0.3 is 0 Å². The highest BCUT2D eigenvalue weighted by Crippen LogP contribution is 2.12. The van der Waals surface area contributed by atoms with Crippen LogP contribution < -0.4 is 5.43 Å². The predicted octanol–water partition coefficient (Wildman–Crippen LogP) is 3.87. The fourth-order valence-electron chi connectivity index (χ4n) is 1.62. The Morgan fingerprint density at radius 3 is 2.83 bits per heavy atom. The Kier molecular flexibility index (Phi) is 7.34. The van der Waals surface area contributed by atoms with Crippen molar-refractivity contribution in [3.05, 3.63) is 21.9 Å². The third kappa shape index (κ3) is 5.96. The van der Waals surface area contributed by atoms with Crippen LogP contribution in [0.25, 0.3) is 0 Å². The smallest absolute Gasteiger partial charge is 0.240 e. The first-order valence-corrected chi connectivity index (χ1v) is 7.48. The topological polar surface area (TPSA) is 41.5 Å². The monoisotopic (exact) mass is 266 g/mol. The van der Waals surface area contributed by atoms with Gasteiger partial charge in [0.1, 0.15) is 0 Å². The Morgan fingerprint density at radius 2 is 2.17 bits per heavy atom. The number of carbonyl (C=O) groups is 1. The second-order valence-corrected chi connectivity index (χ2v) is 5.37. The minimum absolute atomic E-state index is 0.0111. The van der Waals surface area contributed by atoms with Crippen molar-refractivity contribution in [1.82, 2.24) is 5.43 Å². The van der Waals surface area contributed by atoms with Crippen molar-refractivity contribution >= 4 is 23.5 Å². The summed E-state index contributed by atoms with van der Waals surface area (Å²) >= 11 is 1.63. The molecule has 0 fully saturated rings. The summed E-state index contributed by atoms with van der Waals surface area (Å²) in [7, 11) is 0. The lowest BCUT2D eigenvalue weighted by Gasteiger charge is -1.99. The fraction of sp³-hybridized carbons (Fsp3) is 0.571. The normalized spacial score (nSPS) is 11.0. The van der Waals surface area contributed by atoms with E-state index in [1.807, 2.05) is 18.4 Å². The number of amides is 1. The van der Waals surface area contributed by atoms with Crippen molar-refractivity contribution < 1.29 is 4.79 Å². The van der Waals surface area contributed by atoms with Gasteiger partial charge in [-0.3, -0.25) is 4.79 Å². The zero-order chi connectivity index (χ0) is 13.2. The SMILES string of the molecule is CCCCCCCC(=O)N/N=C/c1sccc1C. The van der Waals surface area contributed by atoms with Gasteiger partial charge in [0.05, 0.1) is 6.21 Å². The largest absolute Gasteiger partial charge is 0.273 e. The average Bonchev–Trinajstić information content (AvgIpc) is 2.75. The van der Waals surface area contributed by atoms with Crippen LogP contribution in [0, 0.1) is 6.92 Å². The molecule has 0 aliphatic heterocycles. The first kappa shape index (κ1) is 14.9. The van der Waals surface area contributed by atoms with E-state index in [9.17, 15) is 4.79 Å². The predicted molar refractivity (Wildman–Crippen MR) is 78.2 cm³/mol. The number of unbranched alkanes of at least 4 members (excludes halogenated alkanes) is 4. The van der Waals surface area contributed by atoms with Crippen molar-refractivity contribution in [3.63, 3.8) is 0 Å². The number of thiophene rings is 1. The molecule has 1 aromatic rings. The lowest BCUT2D eigenvalue weighted by Crippen LogP contribution is -2.16. The number of nitrogens with zero attached hydrogens (tertiary/aromatic N) is 1. The molecule has 0 unspecified atom stereocenters. The summed E-state index contributed by atoms with van der Waals surface area (Å²) in [4.78, 5) is 12.6. The van der Waals surface area contributed by atoms with E-state index in [0.717, 1.165) is 17.7 Å². The first-order chi connectivity index (χ1) is 8.74. The first-order valence-electron chi connectivity index (χ1n) is 6.60. The Labute approximate surface area is 113 Å². The maximum atomic E-state index is 11.5. The van der Waals surface area contributed by atoms with E-state index < -0.39 is 0 Å². The fourth-order valence-corrected chi connectivity index (χ4v) is 2.41. The van der Waals surface area contributed by atoms with E-state index in [1.54, 1.807) is 17.6 Å².